The number of carbonyl (C=O) groups is 2. The van der Waals surface area contributed by atoms with Crippen molar-refractivity contribution >= 4 is 17.7 Å². The van der Waals surface area contributed by atoms with E-state index in [0.29, 0.717) is 5.56 Å². The Morgan fingerprint density at radius 2 is 1.71 bits per heavy atom. The van der Waals surface area contributed by atoms with Crippen LogP contribution in [0.1, 0.15) is 20.8 Å². The number of amides is 2. The summed E-state index contributed by atoms with van der Waals surface area (Å²) < 4.78 is 20.0. The van der Waals surface area contributed by atoms with Crippen LogP contribution in [-0.4, -0.2) is 41.7 Å². The first-order chi connectivity index (χ1) is 13.2. The molecule has 0 fully saturated rings. The second kappa shape index (κ2) is 9.21. The van der Waals surface area contributed by atoms with Crippen molar-refractivity contribution in [2.24, 2.45) is 5.92 Å². The predicted molar refractivity (Wildman–Crippen MR) is 106 cm³/mol. The van der Waals surface area contributed by atoms with E-state index >= 15 is 0 Å². The van der Waals surface area contributed by atoms with Crippen molar-refractivity contribution < 1.29 is 23.8 Å². The number of nitrogens with zero attached hydrogens (tertiary/aromatic N) is 1. The lowest BCUT2D eigenvalue weighted by atomic mass is 10.0. The molecule has 2 N–H and O–H groups in total. The molecule has 0 aliphatic rings. The normalized spacial score (nSPS) is 11.8. The van der Waals surface area contributed by atoms with E-state index in [2.05, 4.69) is 5.32 Å². The molecule has 2 rings (SSSR count). The van der Waals surface area contributed by atoms with Crippen LogP contribution in [0.5, 0.6) is 5.75 Å². The molecule has 0 aliphatic heterocycles. The first-order valence-corrected chi connectivity index (χ1v) is 8.99. The summed E-state index contributed by atoms with van der Waals surface area (Å²) in [6.07, 6.45) is 0.0720. The summed E-state index contributed by atoms with van der Waals surface area (Å²) in [5.74, 6) is -1.56. The number of carboxylic acid groups (broad SMARTS) is 1. The maximum absolute atomic E-state index is 14.4. The molecule has 0 saturated carbocycles. The van der Waals surface area contributed by atoms with Crippen LogP contribution in [0, 0.1) is 11.7 Å². The van der Waals surface area contributed by atoms with E-state index in [0.717, 1.165) is 11.3 Å². The number of aliphatic carboxylic acids is 1. The number of benzene rings is 2. The number of carboxylic acids is 1. The minimum Gasteiger partial charge on any atom is -0.491 e. The zero-order valence-electron chi connectivity index (χ0n) is 16.4. The third-order valence-electron chi connectivity index (χ3n) is 4.09. The monoisotopic (exact) mass is 388 g/mol. The molecular weight excluding hydrogens is 363 g/mol. The molecule has 0 radical (unpaired) electrons. The van der Waals surface area contributed by atoms with Crippen molar-refractivity contribution in [3.05, 3.63) is 48.3 Å². The zero-order chi connectivity index (χ0) is 20.8. The van der Waals surface area contributed by atoms with E-state index in [-0.39, 0.29) is 18.3 Å². The van der Waals surface area contributed by atoms with E-state index in [4.69, 9.17) is 9.84 Å². The van der Waals surface area contributed by atoms with Crippen molar-refractivity contribution in [1.82, 2.24) is 4.90 Å². The third-order valence-corrected chi connectivity index (χ3v) is 4.09. The minimum absolute atomic E-state index is 0.0195. The van der Waals surface area contributed by atoms with Crippen LogP contribution < -0.4 is 10.1 Å². The van der Waals surface area contributed by atoms with Crippen molar-refractivity contribution in [2.45, 2.75) is 26.9 Å². The molecule has 28 heavy (non-hydrogen) atoms. The molecular formula is C21H25FN2O4. The molecule has 1 atom stereocenters. The Balaban J connectivity index is 2.07. The van der Waals surface area contributed by atoms with Gasteiger partial charge in [-0.25, -0.2) is 9.18 Å². The minimum atomic E-state index is -1.00. The topological polar surface area (TPSA) is 78.9 Å². The van der Waals surface area contributed by atoms with Crippen LogP contribution >= 0.6 is 0 Å². The lowest BCUT2D eigenvalue weighted by Gasteiger charge is -2.20. The van der Waals surface area contributed by atoms with E-state index in [1.54, 1.807) is 6.07 Å². The van der Waals surface area contributed by atoms with Gasteiger partial charge < -0.3 is 20.1 Å². The summed E-state index contributed by atoms with van der Waals surface area (Å²) >= 11 is 0. The van der Waals surface area contributed by atoms with Crippen LogP contribution in [0.2, 0.25) is 0 Å². The van der Waals surface area contributed by atoms with Gasteiger partial charge in [0.2, 0.25) is 0 Å². The van der Waals surface area contributed by atoms with Gasteiger partial charge >= 0.3 is 12.0 Å². The van der Waals surface area contributed by atoms with Gasteiger partial charge in [0.05, 0.1) is 17.7 Å². The Kier molecular flexibility index (Phi) is 6.98. The molecule has 150 valence electrons. The summed E-state index contributed by atoms with van der Waals surface area (Å²) in [6, 6.07) is 11.3. The predicted octanol–water partition coefficient (Wildman–Crippen LogP) is 4.46. The van der Waals surface area contributed by atoms with Gasteiger partial charge in [-0.05, 0) is 49.2 Å². The van der Waals surface area contributed by atoms with E-state index in [1.165, 1.54) is 31.0 Å². The summed E-state index contributed by atoms with van der Waals surface area (Å²) in [5.41, 5.74) is 1.52. The SMILES string of the molecule is CC(C)Oc1ccc(-c2ccc(NC(=O)N(C)CC(C)C(=O)O)c(F)c2)cc1. The molecule has 1 unspecified atom stereocenters. The molecule has 0 bridgehead atoms. The molecule has 2 amide bonds. The standard InChI is InChI=1S/C21H25FN2O4/c1-13(2)28-17-8-5-15(6-9-17)16-7-10-19(18(22)11-16)23-21(27)24(4)12-14(3)20(25)26/h5-11,13-14H,12H2,1-4H3,(H,23,27)(H,25,26). The van der Waals surface area contributed by atoms with Crippen LogP contribution in [0.3, 0.4) is 0 Å². The van der Waals surface area contributed by atoms with Crippen molar-refractivity contribution in [3.8, 4) is 16.9 Å². The second-order valence-electron chi connectivity index (χ2n) is 6.94. The number of hydrogen-bond donors (Lipinski definition) is 2. The van der Waals surface area contributed by atoms with Gasteiger partial charge in [0.1, 0.15) is 11.6 Å². The van der Waals surface area contributed by atoms with E-state index in [9.17, 15) is 14.0 Å². The number of rotatable bonds is 7. The van der Waals surface area contributed by atoms with Gasteiger partial charge in [0.15, 0.2) is 0 Å². The Labute approximate surface area is 163 Å². The number of ether oxygens (including phenoxy) is 1. The van der Waals surface area contributed by atoms with Gasteiger partial charge in [-0.3, -0.25) is 4.79 Å². The highest BCUT2D eigenvalue weighted by atomic mass is 19.1. The average Bonchev–Trinajstić information content (AvgIpc) is 2.63. The molecule has 0 saturated heterocycles. The fourth-order valence-electron chi connectivity index (χ4n) is 2.58. The fourth-order valence-corrected chi connectivity index (χ4v) is 2.58. The maximum atomic E-state index is 14.4. The Hall–Kier alpha value is -3.09. The average molecular weight is 388 g/mol. The van der Waals surface area contributed by atoms with Gasteiger partial charge in [-0.2, -0.15) is 0 Å². The first kappa shape index (κ1) is 21.2. The number of nitrogens with one attached hydrogen (secondary N) is 1. The van der Waals surface area contributed by atoms with Gasteiger partial charge in [-0.1, -0.05) is 25.1 Å². The van der Waals surface area contributed by atoms with Crippen molar-refractivity contribution in [2.75, 3.05) is 18.9 Å². The highest BCUT2D eigenvalue weighted by molar-refractivity contribution is 5.90. The van der Waals surface area contributed by atoms with Crippen molar-refractivity contribution in [1.29, 1.82) is 0 Å². The number of hydrogen-bond acceptors (Lipinski definition) is 3. The molecule has 6 nitrogen and oxygen atoms in total. The summed E-state index contributed by atoms with van der Waals surface area (Å²) in [6.45, 7) is 5.40. The van der Waals surface area contributed by atoms with Gasteiger partial charge in [0, 0.05) is 13.6 Å². The summed E-state index contributed by atoms with van der Waals surface area (Å²) in [5, 5.41) is 11.4. The number of anilines is 1. The number of halogens is 1. The third kappa shape index (κ3) is 5.70. The van der Waals surface area contributed by atoms with Crippen LogP contribution in [-0.2, 0) is 4.79 Å². The van der Waals surface area contributed by atoms with Crippen LogP contribution in [0.25, 0.3) is 11.1 Å². The second-order valence-corrected chi connectivity index (χ2v) is 6.94. The molecule has 0 heterocycles. The fraction of sp³-hybridized carbons (Fsp3) is 0.333. The summed E-state index contributed by atoms with van der Waals surface area (Å²) in [4.78, 5) is 24.2. The molecule has 0 aromatic heterocycles. The van der Waals surface area contributed by atoms with E-state index < -0.39 is 23.7 Å². The Morgan fingerprint density at radius 3 is 2.25 bits per heavy atom. The molecule has 7 heteroatoms. The highest BCUT2D eigenvalue weighted by Crippen LogP contribution is 2.26. The first-order valence-electron chi connectivity index (χ1n) is 8.99. The largest absolute Gasteiger partial charge is 0.491 e. The number of urea groups is 1. The van der Waals surface area contributed by atoms with E-state index in [1.807, 2.05) is 38.1 Å². The quantitative estimate of drug-likeness (QED) is 0.734. The Morgan fingerprint density at radius 1 is 1.11 bits per heavy atom. The highest BCUT2D eigenvalue weighted by Gasteiger charge is 2.18. The van der Waals surface area contributed by atoms with Gasteiger partial charge in [0.25, 0.3) is 0 Å². The maximum Gasteiger partial charge on any atom is 0.321 e. The Bertz CT molecular complexity index is 837. The molecule has 0 spiro atoms. The van der Waals surface area contributed by atoms with Crippen LogP contribution in [0.4, 0.5) is 14.9 Å². The molecule has 0 aliphatic carbocycles. The van der Waals surface area contributed by atoms with Crippen LogP contribution in [0.15, 0.2) is 42.5 Å². The lowest BCUT2D eigenvalue weighted by Crippen LogP contribution is -2.36. The zero-order valence-corrected chi connectivity index (χ0v) is 16.4. The summed E-state index contributed by atoms with van der Waals surface area (Å²) in [7, 11) is 1.46. The van der Waals surface area contributed by atoms with Crippen molar-refractivity contribution in [3.63, 3.8) is 0 Å². The number of carbonyl (C=O) groups excluding carboxylic acids is 1. The lowest BCUT2D eigenvalue weighted by molar-refractivity contribution is -0.141. The smallest absolute Gasteiger partial charge is 0.321 e. The molecule has 2 aromatic rings. The van der Waals surface area contributed by atoms with Gasteiger partial charge in [-0.15, -0.1) is 0 Å². The molecule has 2 aromatic carbocycles.